The topological polar surface area (TPSA) is 130 Å². The Morgan fingerprint density at radius 1 is 0.881 bits per heavy atom. The van der Waals surface area contributed by atoms with E-state index < -0.39 is 17.3 Å². The van der Waals surface area contributed by atoms with Gasteiger partial charge in [-0.25, -0.2) is 4.79 Å². The number of hydrogen-bond donors (Lipinski definition) is 4. The number of pyridine rings is 1. The molecule has 0 bridgehead atoms. The van der Waals surface area contributed by atoms with Gasteiger partial charge >= 0.3 is 6.09 Å². The highest BCUT2D eigenvalue weighted by molar-refractivity contribution is 5.76. The van der Waals surface area contributed by atoms with Crippen molar-refractivity contribution >= 4 is 6.09 Å². The molecule has 1 aliphatic rings. The summed E-state index contributed by atoms with van der Waals surface area (Å²) in [5, 5.41) is 33.0. The molecule has 1 amide bonds. The summed E-state index contributed by atoms with van der Waals surface area (Å²) in [6.45, 7) is 10.8. The Morgan fingerprint density at radius 2 is 1.48 bits per heavy atom. The first-order valence-corrected chi connectivity index (χ1v) is 14.3. The average molecular weight is 579 g/mol. The van der Waals surface area contributed by atoms with Crippen LogP contribution >= 0.6 is 0 Å². The van der Waals surface area contributed by atoms with E-state index in [-0.39, 0.29) is 17.7 Å². The summed E-state index contributed by atoms with van der Waals surface area (Å²) in [6, 6.07) is 10.6. The predicted octanol–water partition coefficient (Wildman–Crippen LogP) is 5.87. The molecule has 4 rings (SSSR count). The Hall–Kier alpha value is -3.82. The Bertz CT molecular complexity index is 1500. The van der Waals surface area contributed by atoms with Crippen LogP contribution in [0.2, 0.25) is 0 Å². The zero-order valence-corrected chi connectivity index (χ0v) is 25.4. The molecule has 0 radical (unpaired) electrons. The van der Waals surface area contributed by atoms with Crippen LogP contribution in [0, 0.1) is 13.8 Å². The van der Waals surface area contributed by atoms with E-state index in [2.05, 4.69) is 5.32 Å². The van der Waals surface area contributed by atoms with Crippen molar-refractivity contribution < 1.29 is 29.6 Å². The monoisotopic (exact) mass is 578 g/mol. The van der Waals surface area contributed by atoms with Gasteiger partial charge in [-0.1, -0.05) is 6.07 Å². The number of nitrogens with zero attached hydrogens (tertiary/aromatic N) is 1. The summed E-state index contributed by atoms with van der Waals surface area (Å²) < 4.78 is 14.5. The summed E-state index contributed by atoms with van der Waals surface area (Å²) in [7, 11) is 1.67. The van der Waals surface area contributed by atoms with E-state index >= 15 is 0 Å². The van der Waals surface area contributed by atoms with Crippen molar-refractivity contribution in [1.82, 2.24) is 9.88 Å². The molecule has 9 heteroatoms. The van der Waals surface area contributed by atoms with Gasteiger partial charge in [0, 0.05) is 36.5 Å². The number of ether oxygens (including phenoxy) is 2. The van der Waals surface area contributed by atoms with Crippen molar-refractivity contribution in [2.24, 2.45) is 7.05 Å². The molecule has 4 N–H and O–H groups in total. The minimum Gasteiger partial charge on any atom is -0.490 e. The first-order chi connectivity index (χ1) is 19.5. The Morgan fingerprint density at radius 3 is 2.02 bits per heavy atom. The highest BCUT2D eigenvalue weighted by Crippen LogP contribution is 2.42. The molecule has 1 fully saturated rings. The molecule has 0 saturated heterocycles. The van der Waals surface area contributed by atoms with Crippen molar-refractivity contribution in [3.05, 3.63) is 75.2 Å². The van der Waals surface area contributed by atoms with Crippen LogP contribution < -0.4 is 20.3 Å². The van der Waals surface area contributed by atoms with Gasteiger partial charge in [-0.15, -0.1) is 0 Å². The first kappa shape index (κ1) is 31.1. The smallest absolute Gasteiger partial charge is 0.404 e. The second-order valence-corrected chi connectivity index (χ2v) is 12.4. The summed E-state index contributed by atoms with van der Waals surface area (Å²) in [4.78, 5) is 23.8. The maximum absolute atomic E-state index is 12.8. The number of benzene rings is 2. The third kappa shape index (κ3) is 7.14. The van der Waals surface area contributed by atoms with Crippen LogP contribution in [0.5, 0.6) is 17.2 Å². The standard InChI is InChI=1S/C33H42N2O7/c1-19-14-22(33(5,6)40)15-20(2)30(19)42-27-13-8-21(32(3,4)39)16-25(27)26-18-35(7)29(36)17-28(26)41-24-11-9-23(10-12-24)34-31(37)38/h8,13-18,23-24,34,39-40H,9-12H2,1-7H3,(H,37,38). The molecule has 0 spiro atoms. The zero-order valence-electron chi connectivity index (χ0n) is 25.4. The van der Waals surface area contributed by atoms with Crippen molar-refractivity contribution in [1.29, 1.82) is 0 Å². The molecule has 2 aromatic carbocycles. The molecule has 0 aliphatic heterocycles. The van der Waals surface area contributed by atoms with Gasteiger partial charge in [0.2, 0.25) is 0 Å². The highest BCUT2D eigenvalue weighted by atomic mass is 16.5. The zero-order chi connectivity index (χ0) is 31.0. The number of rotatable bonds is 8. The average Bonchev–Trinajstić information content (AvgIpc) is 2.88. The molecule has 0 unspecified atom stereocenters. The fraction of sp³-hybridized carbons (Fsp3) is 0.455. The van der Waals surface area contributed by atoms with Gasteiger partial charge in [-0.2, -0.15) is 0 Å². The van der Waals surface area contributed by atoms with E-state index in [0.717, 1.165) is 16.7 Å². The van der Waals surface area contributed by atoms with E-state index in [1.54, 1.807) is 40.9 Å². The lowest BCUT2D eigenvalue weighted by molar-refractivity contribution is 0.0780. The molecular formula is C33H42N2O7. The number of aliphatic hydroxyl groups is 2. The van der Waals surface area contributed by atoms with Gasteiger partial charge in [0.25, 0.3) is 5.56 Å². The molecular weight excluding hydrogens is 536 g/mol. The maximum Gasteiger partial charge on any atom is 0.404 e. The van der Waals surface area contributed by atoms with Gasteiger partial charge in [-0.05, 0) is 114 Å². The summed E-state index contributed by atoms with van der Waals surface area (Å²) in [5.74, 6) is 1.57. The second-order valence-electron chi connectivity index (χ2n) is 12.4. The lowest BCUT2D eigenvalue weighted by Crippen LogP contribution is -2.39. The molecule has 3 aromatic rings. The summed E-state index contributed by atoms with van der Waals surface area (Å²) >= 11 is 0. The number of aryl methyl sites for hydroxylation is 3. The van der Waals surface area contributed by atoms with E-state index in [0.29, 0.717) is 59.6 Å². The van der Waals surface area contributed by atoms with E-state index in [9.17, 15) is 19.8 Å². The van der Waals surface area contributed by atoms with E-state index in [1.807, 2.05) is 44.2 Å². The third-order valence-corrected chi connectivity index (χ3v) is 7.84. The van der Waals surface area contributed by atoms with Crippen LogP contribution in [0.4, 0.5) is 4.79 Å². The largest absolute Gasteiger partial charge is 0.490 e. The summed E-state index contributed by atoms with van der Waals surface area (Å²) in [6.07, 6.45) is 3.04. The number of nitrogens with one attached hydrogen (secondary N) is 1. The Labute approximate surface area is 246 Å². The van der Waals surface area contributed by atoms with Crippen LogP contribution in [0.1, 0.15) is 75.6 Å². The van der Waals surface area contributed by atoms with Gasteiger partial charge in [0.15, 0.2) is 0 Å². The highest BCUT2D eigenvalue weighted by Gasteiger charge is 2.27. The lowest BCUT2D eigenvalue weighted by atomic mass is 9.92. The predicted molar refractivity (Wildman–Crippen MR) is 161 cm³/mol. The van der Waals surface area contributed by atoms with Crippen LogP contribution in [-0.2, 0) is 18.2 Å². The van der Waals surface area contributed by atoms with Crippen molar-refractivity contribution in [2.75, 3.05) is 0 Å². The molecule has 1 saturated carbocycles. The van der Waals surface area contributed by atoms with Gasteiger partial charge < -0.3 is 34.7 Å². The molecule has 42 heavy (non-hydrogen) atoms. The number of aromatic nitrogens is 1. The van der Waals surface area contributed by atoms with Crippen LogP contribution in [0.25, 0.3) is 11.1 Å². The number of hydrogen-bond acceptors (Lipinski definition) is 6. The molecule has 226 valence electrons. The van der Waals surface area contributed by atoms with Crippen LogP contribution in [0.3, 0.4) is 0 Å². The maximum atomic E-state index is 12.8. The Kier molecular flexibility index (Phi) is 8.76. The third-order valence-electron chi connectivity index (χ3n) is 7.84. The van der Waals surface area contributed by atoms with E-state index in [1.165, 1.54) is 10.6 Å². The van der Waals surface area contributed by atoms with Crippen LogP contribution in [0.15, 0.2) is 47.4 Å². The fourth-order valence-corrected chi connectivity index (χ4v) is 5.38. The number of amides is 1. The molecule has 1 heterocycles. The Balaban J connectivity index is 1.78. The van der Waals surface area contributed by atoms with Crippen LogP contribution in [-0.4, -0.2) is 38.1 Å². The lowest BCUT2D eigenvalue weighted by Gasteiger charge is -2.30. The minimum atomic E-state index is -1.13. The molecule has 1 aromatic heterocycles. The van der Waals surface area contributed by atoms with Gasteiger partial charge in [-0.3, -0.25) is 4.79 Å². The SMILES string of the molecule is Cc1cc(C(C)(C)O)cc(C)c1Oc1ccc(C(C)(C)O)cc1-c1cn(C)c(=O)cc1OC1CCC(NC(=O)O)CC1. The summed E-state index contributed by atoms with van der Waals surface area (Å²) in [5.41, 5.74) is 2.06. The van der Waals surface area contributed by atoms with Crippen molar-refractivity contribution in [3.8, 4) is 28.4 Å². The number of carboxylic acid groups (broad SMARTS) is 1. The molecule has 0 atom stereocenters. The normalized spacial score (nSPS) is 17.5. The van der Waals surface area contributed by atoms with Gasteiger partial charge in [0.05, 0.1) is 17.3 Å². The fourth-order valence-electron chi connectivity index (χ4n) is 5.38. The molecule has 1 aliphatic carbocycles. The first-order valence-electron chi connectivity index (χ1n) is 14.3. The second kappa shape index (κ2) is 11.8. The van der Waals surface area contributed by atoms with Crippen molar-refractivity contribution in [2.45, 2.75) is 90.6 Å². The minimum absolute atomic E-state index is 0.122. The number of carbonyl (C=O) groups is 1. The van der Waals surface area contributed by atoms with Gasteiger partial charge in [0.1, 0.15) is 17.2 Å². The molecule has 9 nitrogen and oxygen atoms in total. The van der Waals surface area contributed by atoms with Crippen molar-refractivity contribution in [3.63, 3.8) is 0 Å². The quantitative estimate of drug-likeness (QED) is 0.263. The van der Waals surface area contributed by atoms with E-state index in [4.69, 9.17) is 14.6 Å².